The quantitative estimate of drug-likeness (QED) is 0.573. The molecule has 144 valence electrons. The number of amides is 1. The second-order valence-corrected chi connectivity index (χ2v) is 7.30. The Morgan fingerprint density at radius 2 is 2.11 bits per heavy atom. The molecule has 1 aliphatic rings. The molecule has 0 saturated carbocycles. The molecule has 1 fully saturated rings. The second-order valence-electron chi connectivity index (χ2n) is 6.45. The van der Waals surface area contributed by atoms with Crippen LogP contribution >= 0.6 is 23.2 Å². The SMILES string of the molecule is CCOC(=O)[C@@H]1CC(=O)N(c2ccc(Cl)c(-c3nc4cc(Cl)ccc4o3)c2)C1. The Kier molecular flexibility index (Phi) is 5.00. The fraction of sp³-hybridized carbons (Fsp3) is 0.250. The summed E-state index contributed by atoms with van der Waals surface area (Å²) < 4.78 is 10.8. The molecule has 0 bridgehead atoms. The monoisotopic (exact) mass is 418 g/mol. The van der Waals surface area contributed by atoms with Gasteiger partial charge in [-0.25, -0.2) is 4.98 Å². The molecule has 1 saturated heterocycles. The van der Waals surface area contributed by atoms with Crippen LogP contribution in [0.3, 0.4) is 0 Å². The van der Waals surface area contributed by atoms with Crippen molar-refractivity contribution < 1.29 is 18.7 Å². The van der Waals surface area contributed by atoms with Gasteiger partial charge in [0.2, 0.25) is 11.8 Å². The van der Waals surface area contributed by atoms with E-state index < -0.39 is 5.92 Å². The topological polar surface area (TPSA) is 72.6 Å². The molecule has 0 N–H and O–H groups in total. The Hall–Kier alpha value is -2.57. The molecule has 1 aromatic heterocycles. The van der Waals surface area contributed by atoms with E-state index in [4.69, 9.17) is 32.4 Å². The highest BCUT2D eigenvalue weighted by molar-refractivity contribution is 6.33. The molecule has 6 nitrogen and oxygen atoms in total. The van der Waals surface area contributed by atoms with Crippen LogP contribution in [0.15, 0.2) is 40.8 Å². The van der Waals surface area contributed by atoms with Gasteiger partial charge in [-0.05, 0) is 43.3 Å². The lowest BCUT2D eigenvalue weighted by Crippen LogP contribution is -2.26. The zero-order chi connectivity index (χ0) is 19.8. The number of rotatable bonds is 4. The van der Waals surface area contributed by atoms with Crippen molar-refractivity contribution in [3.63, 3.8) is 0 Å². The minimum absolute atomic E-state index is 0.123. The van der Waals surface area contributed by atoms with Gasteiger partial charge in [-0.2, -0.15) is 0 Å². The Morgan fingerprint density at radius 1 is 1.29 bits per heavy atom. The van der Waals surface area contributed by atoms with Gasteiger partial charge in [0.05, 0.1) is 23.1 Å². The van der Waals surface area contributed by atoms with Gasteiger partial charge in [-0.1, -0.05) is 23.2 Å². The third-order valence-electron chi connectivity index (χ3n) is 4.59. The fourth-order valence-corrected chi connectivity index (χ4v) is 3.60. The number of anilines is 1. The molecule has 0 aliphatic carbocycles. The van der Waals surface area contributed by atoms with Crippen molar-refractivity contribution in [3.8, 4) is 11.5 Å². The first-order valence-corrected chi connectivity index (χ1v) is 9.55. The van der Waals surface area contributed by atoms with Crippen LogP contribution in [0.4, 0.5) is 5.69 Å². The Labute approximate surface area is 171 Å². The number of carbonyl (C=O) groups excluding carboxylic acids is 2. The van der Waals surface area contributed by atoms with Crippen molar-refractivity contribution in [2.24, 2.45) is 5.92 Å². The summed E-state index contributed by atoms with van der Waals surface area (Å²) in [7, 11) is 0. The number of ether oxygens (including phenoxy) is 1. The highest BCUT2D eigenvalue weighted by Gasteiger charge is 2.36. The average Bonchev–Trinajstić information content (AvgIpc) is 3.25. The first-order chi connectivity index (χ1) is 13.5. The van der Waals surface area contributed by atoms with Gasteiger partial charge in [0.25, 0.3) is 0 Å². The van der Waals surface area contributed by atoms with Crippen molar-refractivity contribution in [1.82, 2.24) is 4.98 Å². The molecule has 2 aromatic carbocycles. The number of nitrogens with zero attached hydrogens (tertiary/aromatic N) is 2. The molecule has 28 heavy (non-hydrogen) atoms. The Morgan fingerprint density at radius 3 is 2.89 bits per heavy atom. The lowest BCUT2D eigenvalue weighted by atomic mass is 10.1. The number of aromatic nitrogens is 1. The van der Waals surface area contributed by atoms with E-state index in [-0.39, 0.29) is 31.4 Å². The summed E-state index contributed by atoms with van der Waals surface area (Å²) in [6.07, 6.45) is 0.123. The maximum absolute atomic E-state index is 12.4. The summed E-state index contributed by atoms with van der Waals surface area (Å²) in [5.74, 6) is -0.644. The van der Waals surface area contributed by atoms with E-state index in [0.29, 0.717) is 38.3 Å². The molecule has 3 aromatic rings. The van der Waals surface area contributed by atoms with Crippen LogP contribution < -0.4 is 4.90 Å². The summed E-state index contributed by atoms with van der Waals surface area (Å²) in [4.78, 5) is 30.4. The van der Waals surface area contributed by atoms with Crippen LogP contribution in [0.1, 0.15) is 13.3 Å². The average molecular weight is 419 g/mol. The van der Waals surface area contributed by atoms with Crippen molar-refractivity contribution in [3.05, 3.63) is 46.4 Å². The number of benzene rings is 2. The maximum Gasteiger partial charge on any atom is 0.311 e. The number of hydrogen-bond donors (Lipinski definition) is 0. The van der Waals surface area contributed by atoms with Crippen molar-refractivity contribution >= 4 is 51.9 Å². The molecule has 0 unspecified atom stereocenters. The molecule has 1 aliphatic heterocycles. The van der Waals surface area contributed by atoms with Gasteiger partial charge in [-0.15, -0.1) is 0 Å². The smallest absolute Gasteiger partial charge is 0.311 e. The van der Waals surface area contributed by atoms with Gasteiger partial charge in [0.1, 0.15) is 5.52 Å². The largest absolute Gasteiger partial charge is 0.466 e. The number of fused-ring (bicyclic) bond motifs is 1. The maximum atomic E-state index is 12.4. The highest BCUT2D eigenvalue weighted by atomic mass is 35.5. The fourth-order valence-electron chi connectivity index (χ4n) is 3.24. The van der Waals surface area contributed by atoms with Gasteiger partial charge in [-0.3, -0.25) is 9.59 Å². The summed E-state index contributed by atoms with van der Waals surface area (Å²) >= 11 is 12.4. The summed E-state index contributed by atoms with van der Waals surface area (Å²) in [5.41, 5.74) is 2.37. The standard InChI is InChI=1S/C20H16Cl2N2O4/c1-2-27-20(26)11-7-18(25)24(10-11)13-4-5-15(22)14(9-13)19-23-16-8-12(21)3-6-17(16)28-19/h3-6,8-9,11H,2,7,10H2,1H3/t11-/m1/s1. The third-order valence-corrected chi connectivity index (χ3v) is 5.15. The van der Waals surface area contributed by atoms with Crippen LogP contribution in [0, 0.1) is 5.92 Å². The van der Waals surface area contributed by atoms with Crippen LogP contribution in [0.5, 0.6) is 0 Å². The van der Waals surface area contributed by atoms with Gasteiger partial charge in [0, 0.05) is 23.7 Å². The zero-order valence-corrected chi connectivity index (χ0v) is 16.5. The van der Waals surface area contributed by atoms with E-state index in [1.807, 2.05) is 0 Å². The number of carbonyl (C=O) groups is 2. The van der Waals surface area contributed by atoms with E-state index in [9.17, 15) is 9.59 Å². The molecule has 2 heterocycles. The van der Waals surface area contributed by atoms with Crippen LogP contribution in [0.2, 0.25) is 10.0 Å². The van der Waals surface area contributed by atoms with E-state index in [0.717, 1.165) is 0 Å². The second kappa shape index (κ2) is 7.45. The first-order valence-electron chi connectivity index (χ1n) is 8.79. The molecule has 8 heteroatoms. The van der Waals surface area contributed by atoms with Gasteiger partial charge in [0.15, 0.2) is 5.58 Å². The summed E-state index contributed by atoms with van der Waals surface area (Å²) in [6.45, 7) is 2.30. The summed E-state index contributed by atoms with van der Waals surface area (Å²) in [5, 5.41) is 0.995. The normalized spacial score (nSPS) is 16.8. The molecule has 4 rings (SSSR count). The lowest BCUT2D eigenvalue weighted by Gasteiger charge is -2.17. The van der Waals surface area contributed by atoms with E-state index >= 15 is 0 Å². The van der Waals surface area contributed by atoms with E-state index in [1.54, 1.807) is 48.2 Å². The minimum atomic E-state index is -0.474. The summed E-state index contributed by atoms with van der Waals surface area (Å²) in [6, 6.07) is 10.3. The van der Waals surface area contributed by atoms with Crippen molar-refractivity contribution in [1.29, 1.82) is 0 Å². The van der Waals surface area contributed by atoms with Crippen LogP contribution in [-0.4, -0.2) is 30.0 Å². The molecule has 0 radical (unpaired) electrons. The highest BCUT2D eigenvalue weighted by Crippen LogP contribution is 2.35. The Balaban J connectivity index is 1.67. The molecular formula is C20H16Cl2N2O4. The Bertz CT molecular complexity index is 1080. The van der Waals surface area contributed by atoms with Crippen molar-refractivity contribution in [2.45, 2.75) is 13.3 Å². The third kappa shape index (κ3) is 3.45. The predicted octanol–water partition coefficient (Wildman–Crippen LogP) is 4.72. The lowest BCUT2D eigenvalue weighted by molar-refractivity contribution is -0.147. The molecular weight excluding hydrogens is 403 g/mol. The number of halogens is 2. The number of oxazole rings is 1. The van der Waals surface area contributed by atoms with Crippen LogP contribution in [-0.2, 0) is 14.3 Å². The number of hydrogen-bond acceptors (Lipinski definition) is 5. The van der Waals surface area contributed by atoms with Crippen molar-refractivity contribution in [2.75, 3.05) is 18.1 Å². The van der Waals surface area contributed by atoms with Gasteiger partial charge >= 0.3 is 5.97 Å². The minimum Gasteiger partial charge on any atom is -0.466 e. The predicted molar refractivity (Wildman–Crippen MR) is 107 cm³/mol. The number of esters is 1. The van der Waals surface area contributed by atoms with E-state index in [2.05, 4.69) is 4.98 Å². The van der Waals surface area contributed by atoms with Gasteiger partial charge < -0.3 is 14.1 Å². The zero-order valence-electron chi connectivity index (χ0n) is 14.9. The molecule has 1 amide bonds. The van der Waals surface area contributed by atoms with E-state index in [1.165, 1.54) is 0 Å². The molecule has 1 atom stereocenters. The van der Waals surface area contributed by atoms with Crippen LogP contribution in [0.25, 0.3) is 22.6 Å². The first kappa shape index (κ1) is 18.8. The molecule has 0 spiro atoms.